The lowest BCUT2D eigenvalue weighted by Crippen LogP contribution is -2.38. The Labute approximate surface area is 117 Å². The first-order valence-corrected chi connectivity index (χ1v) is 8.90. The standard InChI is InChI=1S/C13H26ClNO2S/c1-12(2,3)8-9-18(16,17)15-11-13(10-14)6-4-5-7-13/h15H,4-11H2,1-3H3. The van der Waals surface area contributed by atoms with E-state index in [9.17, 15) is 8.42 Å². The molecule has 0 heterocycles. The molecule has 0 amide bonds. The summed E-state index contributed by atoms with van der Waals surface area (Å²) in [6, 6.07) is 0. The molecular weight excluding hydrogens is 270 g/mol. The van der Waals surface area contributed by atoms with Crippen molar-refractivity contribution < 1.29 is 8.42 Å². The van der Waals surface area contributed by atoms with Crippen molar-refractivity contribution in [2.75, 3.05) is 18.2 Å². The van der Waals surface area contributed by atoms with Gasteiger partial charge in [0.1, 0.15) is 0 Å². The number of alkyl halides is 1. The Morgan fingerprint density at radius 1 is 1.22 bits per heavy atom. The van der Waals surface area contributed by atoms with Gasteiger partial charge in [0.05, 0.1) is 5.75 Å². The molecule has 5 heteroatoms. The highest BCUT2D eigenvalue weighted by molar-refractivity contribution is 7.89. The van der Waals surface area contributed by atoms with Crippen LogP contribution in [0.5, 0.6) is 0 Å². The van der Waals surface area contributed by atoms with E-state index in [1.807, 2.05) is 0 Å². The molecule has 0 bridgehead atoms. The molecule has 3 nitrogen and oxygen atoms in total. The molecule has 0 aromatic rings. The molecule has 1 aliphatic rings. The first-order valence-electron chi connectivity index (χ1n) is 6.71. The van der Waals surface area contributed by atoms with Gasteiger partial charge in [-0.1, -0.05) is 33.6 Å². The van der Waals surface area contributed by atoms with E-state index in [0.29, 0.717) is 18.8 Å². The van der Waals surface area contributed by atoms with E-state index in [0.717, 1.165) is 25.7 Å². The Kier molecular flexibility index (Phi) is 5.51. The van der Waals surface area contributed by atoms with Crippen molar-refractivity contribution in [1.82, 2.24) is 4.72 Å². The SMILES string of the molecule is CC(C)(C)CCS(=O)(=O)NCC1(CCl)CCCC1. The molecule has 18 heavy (non-hydrogen) atoms. The van der Waals surface area contributed by atoms with Crippen LogP contribution in [-0.4, -0.2) is 26.6 Å². The van der Waals surface area contributed by atoms with E-state index in [2.05, 4.69) is 25.5 Å². The van der Waals surface area contributed by atoms with Gasteiger partial charge in [-0.3, -0.25) is 0 Å². The molecule has 0 unspecified atom stereocenters. The molecular formula is C13H26ClNO2S. The third-order valence-electron chi connectivity index (χ3n) is 3.74. The lowest BCUT2D eigenvalue weighted by Gasteiger charge is -2.26. The van der Waals surface area contributed by atoms with Crippen molar-refractivity contribution >= 4 is 21.6 Å². The summed E-state index contributed by atoms with van der Waals surface area (Å²) in [7, 11) is -3.16. The van der Waals surface area contributed by atoms with Gasteiger partial charge >= 0.3 is 0 Å². The second kappa shape index (κ2) is 6.10. The third kappa shape index (κ3) is 5.45. The van der Waals surface area contributed by atoms with Crippen LogP contribution < -0.4 is 4.72 Å². The van der Waals surface area contributed by atoms with Crippen LogP contribution in [0.15, 0.2) is 0 Å². The number of sulfonamides is 1. The molecule has 0 atom stereocenters. The summed E-state index contributed by atoms with van der Waals surface area (Å²) < 4.78 is 26.6. The van der Waals surface area contributed by atoms with Crippen molar-refractivity contribution in [3.05, 3.63) is 0 Å². The largest absolute Gasteiger partial charge is 0.215 e. The zero-order valence-corrected chi connectivity index (χ0v) is 13.3. The van der Waals surface area contributed by atoms with Gasteiger partial charge in [-0.2, -0.15) is 0 Å². The van der Waals surface area contributed by atoms with Crippen LogP contribution in [0.4, 0.5) is 0 Å². The van der Waals surface area contributed by atoms with Crippen molar-refractivity contribution in [3.8, 4) is 0 Å². The van der Waals surface area contributed by atoms with Gasteiger partial charge in [-0.25, -0.2) is 13.1 Å². The maximum atomic E-state index is 11.9. The Bertz CT molecular complexity index is 354. The minimum Gasteiger partial charge on any atom is -0.215 e. The minimum absolute atomic E-state index is 0.00361. The fourth-order valence-corrected chi connectivity index (χ4v) is 4.17. The molecule has 1 saturated carbocycles. The fraction of sp³-hybridized carbons (Fsp3) is 1.00. The maximum absolute atomic E-state index is 11.9. The Morgan fingerprint density at radius 2 is 1.78 bits per heavy atom. The molecule has 1 fully saturated rings. The molecule has 108 valence electrons. The van der Waals surface area contributed by atoms with Crippen LogP contribution in [0.2, 0.25) is 0 Å². The van der Waals surface area contributed by atoms with E-state index >= 15 is 0 Å². The number of rotatable bonds is 6. The molecule has 0 aliphatic heterocycles. The zero-order valence-electron chi connectivity index (χ0n) is 11.8. The lowest BCUT2D eigenvalue weighted by atomic mass is 9.89. The van der Waals surface area contributed by atoms with Crippen LogP contribution in [-0.2, 0) is 10.0 Å². The average molecular weight is 296 g/mol. The number of hydrogen-bond donors (Lipinski definition) is 1. The van der Waals surface area contributed by atoms with E-state index in [4.69, 9.17) is 11.6 Å². The predicted octanol–water partition coefficient (Wildman–Crippen LogP) is 3.14. The highest BCUT2D eigenvalue weighted by atomic mass is 35.5. The van der Waals surface area contributed by atoms with Gasteiger partial charge in [0.2, 0.25) is 10.0 Å². The molecule has 0 aromatic heterocycles. The summed E-state index contributed by atoms with van der Waals surface area (Å²) in [6.07, 6.45) is 5.08. The maximum Gasteiger partial charge on any atom is 0.211 e. The topological polar surface area (TPSA) is 46.2 Å². The van der Waals surface area contributed by atoms with Gasteiger partial charge in [-0.15, -0.1) is 11.6 Å². The molecule has 1 N–H and O–H groups in total. The second-order valence-electron chi connectivity index (χ2n) is 6.79. The minimum atomic E-state index is -3.16. The van der Waals surface area contributed by atoms with Crippen LogP contribution >= 0.6 is 11.6 Å². The molecule has 0 radical (unpaired) electrons. The lowest BCUT2D eigenvalue weighted by molar-refractivity contribution is 0.341. The van der Waals surface area contributed by atoms with Crippen LogP contribution in [0.3, 0.4) is 0 Å². The van der Waals surface area contributed by atoms with Crippen LogP contribution in [0, 0.1) is 10.8 Å². The predicted molar refractivity (Wildman–Crippen MR) is 77.5 cm³/mol. The summed E-state index contributed by atoms with van der Waals surface area (Å²) in [4.78, 5) is 0. The smallest absolute Gasteiger partial charge is 0.211 e. The Hall–Kier alpha value is 0.200. The number of hydrogen-bond acceptors (Lipinski definition) is 2. The average Bonchev–Trinajstić information content (AvgIpc) is 2.73. The van der Waals surface area contributed by atoms with E-state index in [1.54, 1.807) is 0 Å². The molecule has 1 rings (SSSR count). The van der Waals surface area contributed by atoms with Crippen LogP contribution in [0.25, 0.3) is 0 Å². The Morgan fingerprint density at radius 3 is 2.22 bits per heavy atom. The van der Waals surface area contributed by atoms with E-state index in [-0.39, 0.29) is 16.6 Å². The molecule has 0 aromatic carbocycles. The van der Waals surface area contributed by atoms with Gasteiger partial charge in [0.25, 0.3) is 0 Å². The third-order valence-corrected chi connectivity index (χ3v) is 5.63. The fourth-order valence-electron chi connectivity index (χ4n) is 2.26. The number of halogens is 1. The summed E-state index contributed by atoms with van der Waals surface area (Å²) in [5.41, 5.74) is 0.0443. The van der Waals surface area contributed by atoms with E-state index < -0.39 is 10.0 Å². The van der Waals surface area contributed by atoms with Gasteiger partial charge in [0, 0.05) is 12.4 Å². The Balaban J connectivity index is 2.46. The molecule has 0 saturated heterocycles. The monoisotopic (exact) mass is 295 g/mol. The first kappa shape index (κ1) is 16.3. The normalized spacial score (nSPS) is 20.2. The molecule has 0 spiro atoms. The van der Waals surface area contributed by atoms with E-state index in [1.165, 1.54) is 0 Å². The summed E-state index contributed by atoms with van der Waals surface area (Å²) in [6.45, 7) is 6.67. The van der Waals surface area contributed by atoms with Gasteiger partial charge < -0.3 is 0 Å². The summed E-state index contributed by atoms with van der Waals surface area (Å²) in [5.74, 6) is 0.754. The van der Waals surface area contributed by atoms with Crippen molar-refractivity contribution in [1.29, 1.82) is 0 Å². The summed E-state index contributed by atoms with van der Waals surface area (Å²) in [5, 5.41) is 0. The molecule has 1 aliphatic carbocycles. The van der Waals surface area contributed by atoms with Crippen LogP contribution in [0.1, 0.15) is 52.9 Å². The highest BCUT2D eigenvalue weighted by Gasteiger charge is 2.34. The zero-order chi connectivity index (χ0) is 13.9. The van der Waals surface area contributed by atoms with Gasteiger partial charge in [-0.05, 0) is 30.1 Å². The first-order chi connectivity index (χ1) is 8.18. The quantitative estimate of drug-likeness (QED) is 0.765. The number of nitrogens with one attached hydrogen (secondary N) is 1. The summed E-state index contributed by atoms with van der Waals surface area (Å²) >= 11 is 6.01. The highest BCUT2D eigenvalue weighted by Crippen LogP contribution is 2.38. The van der Waals surface area contributed by atoms with Crippen molar-refractivity contribution in [3.63, 3.8) is 0 Å². The van der Waals surface area contributed by atoms with Gasteiger partial charge in [0.15, 0.2) is 0 Å². The second-order valence-corrected chi connectivity index (χ2v) is 8.99. The van der Waals surface area contributed by atoms with Crippen molar-refractivity contribution in [2.45, 2.75) is 52.9 Å². The van der Waals surface area contributed by atoms with Crippen molar-refractivity contribution in [2.24, 2.45) is 10.8 Å².